The molecular weight excluding hydrogens is 376 g/mol. The van der Waals surface area contributed by atoms with Crippen molar-refractivity contribution < 1.29 is 14.6 Å². The number of aliphatic hydroxyl groups excluding tert-OH is 1. The third kappa shape index (κ3) is 4.74. The van der Waals surface area contributed by atoms with Crippen molar-refractivity contribution in [2.75, 3.05) is 39.4 Å². The zero-order valence-corrected chi connectivity index (χ0v) is 18.7. The molecule has 5 nitrogen and oxygen atoms in total. The summed E-state index contributed by atoms with van der Waals surface area (Å²) in [7, 11) is 0. The van der Waals surface area contributed by atoms with Gasteiger partial charge in [0.25, 0.3) is 0 Å². The predicted molar refractivity (Wildman–Crippen MR) is 118 cm³/mol. The molecular formula is C25H38N2O3. The van der Waals surface area contributed by atoms with E-state index in [1.54, 1.807) is 0 Å². The summed E-state index contributed by atoms with van der Waals surface area (Å²) in [5.41, 5.74) is 2.52. The zero-order valence-electron chi connectivity index (χ0n) is 18.7. The van der Waals surface area contributed by atoms with Crippen molar-refractivity contribution in [3.63, 3.8) is 0 Å². The molecule has 0 unspecified atom stereocenters. The molecule has 1 aromatic rings. The Hall–Kier alpha value is -1.43. The minimum Gasteiger partial charge on any atom is -0.392 e. The summed E-state index contributed by atoms with van der Waals surface area (Å²) in [6.07, 6.45) is 4.15. The van der Waals surface area contributed by atoms with Crippen molar-refractivity contribution in [1.82, 2.24) is 9.80 Å². The van der Waals surface area contributed by atoms with Gasteiger partial charge >= 0.3 is 0 Å². The molecule has 3 heterocycles. The number of rotatable bonds is 4. The van der Waals surface area contributed by atoms with Crippen molar-refractivity contribution in [3.8, 4) is 0 Å². The van der Waals surface area contributed by atoms with Crippen molar-refractivity contribution in [3.05, 3.63) is 35.4 Å². The Kier molecular flexibility index (Phi) is 6.81. The molecule has 3 saturated heterocycles. The summed E-state index contributed by atoms with van der Waals surface area (Å²) in [6, 6.07) is 8.97. The van der Waals surface area contributed by atoms with Gasteiger partial charge in [0.2, 0.25) is 5.91 Å². The molecule has 0 radical (unpaired) electrons. The summed E-state index contributed by atoms with van der Waals surface area (Å²) in [5, 5.41) is 11.0. The molecule has 1 aromatic carbocycles. The van der Waals surface area contributed by atoms with Crippen molar-refractivity contribution in [1.29, 1.82) is 0 Å². The van der Waals surface area contributed by atoms with Crippen LogP contribution in [-0.4, -0.2) is 66.3 Å². The van der Waals surface area contributed by atoms with E-state index in [1.807, 2.05) is 0 Å². The van der Waals surface area contributed by atoms with Crippen LogP contribution in [0.15, 0.2) is 24.3 Å². The van der Waals surface area contributed by atoms with E-state index >= 15 is 0 Å². The van der Waals surface area contributed by atoms with Gasteiger partial charge in [-0.15, -0.1) is 0 Å². The van der Waals surface area contributed by atoms with Crippen molar-refractivity contribution in [2.24, 2.45) is 11.3 Å². The van der Waals surface area contributed by atoms with Gasteiger partial charge in [0, 0.05) is 57.3 Å². The normalized spacial score (nSPS) is 28.9. The third-order valence-corrected chi connectivity index (χ3v) is 7.51. The number of piperidine rings is 2. The number of nitrogens with zero attached hydrogens (tertiary/aromatic N) is 2. The van der Waals surface area contributed by atoms with E-state index in [1.165, 1.54) is 11.1 Å². The number of hydrogen-bond donors (Lipinski definition) is 1. The Morgan fingerprint density at radius 3 is 2.57 bits per heavy atom. The number of likely N-dealkylation sites (tertiary alicyclic amines) is 2. The number of amides is 1. The molecule has 3 aliphatic heterocycles. The molecule has 3 fully saturated rings. The first-order valence-corrected chi connectivity index (χ1v) is 11.8. The first kappa shape index (κ1) is 21.8. The first-order chi connectivity index (χ1) is 14.5. The van der Waals surface area contributed by atoms with E-state index in [0.29, 0.717) is 25.7 Å². The van der Waals surface area contributed by atoms with Crippen LogP contribution in [0.1, 0.15) is 63.0 Å². The van der Waals surface area contributed by atoms with Crippen LogP contribution in [0.2, 0.25) is 0 Å². The average molecular weight is 415 g/mol. The highest BCUT2D eigenvalue weighted by atomic mass is 16.5. The molecule has 0 aromatic heterocycles. The van der Waals surface area contributed by atoms with Gasteiger partial charge in [-0.1, -0.05) is 38.1 Å². The highest BCUT2D eigenvalue weighted by molar-refractivity contribution is 5.79. The fraction of sp³-hybridized carbons (Fsp3) is 0.720. The minimum atomic E-state index is -0.317. The van der Waals surface area contributed by atoms with Gasteiger partial charge in [0.15, 0.2) is 0 Å². The van der Waals surface area contributed by atoms with Gasteiger partial charge in [-0.05, 0) is 49.1 Å². The van der Waals surface area contributed by atoms with Crippen molar-refractivity contribution >= 4 is 5.91 Å². The number of carbonyl (C=O) groups is 1. The SMILES string of the molecule is CC(C)c1ccc(CN2CC[C@@H](O)[C@]3(CCCN(C(=O)C4CCOCC4)C3)C2)cc1. The summed E-state index contributed by atoms with van der Waals surface area (Å²) in [6.45, 7) is 10.1. The Morgan fingerprint density at radius 1 is 1.13 bits per heavy atom. The van der Waals surface area contributed by atoms with Crippen LogP contribution in [0.3, 0.4) is 0 Å². The number of hydrogen-bond acceptors (Lipinski definition) is 4. The van der Waals surface area contributed by atoms with Crippen LogP contribution in [0.4, 0.5) is 0 Å². The van der Waals surface area contributed by atoms with Gasteiger partial charge in [0.05, 0.1) is 6.10 Å². The van der Waals surface area contributed by atoms with Gasteiger partial charge < -0.3 is 14.7 Å². The molecule has 0 aliphatic carbocycles. The molecule has 1 spiro atoms. The summed E-state index contributed by atoms with van der Waals surface area (Å²) in [4.78, 5) is 17.7. The van der Waals surface area contributed by atoms with Crippen LogP contribution >= 0.6 is 0 Å². The molecule has 0 bridgehead atoms. The number of aliphatic hydroxyl groups is 1. The molecule has 30 heavy (non-hydrogen) atoms. The highest BCUT2D eigenvalue weighted by Crippen LogP contribution is 2.40. The lowest BCUT2D eigenvalue weighted by Crippen LogP contribution is -2.60. The Bertz CT molecular complexity index is 714. The monoisotopic (exact) mass is 414 g/mol. The Labute approximate surface area is 181 Å². The van der Waals surface area contributed by atoms with Crippen LogP contribution in [0, 0.1) is 11.3 Å². The lowest BCUT2D eigenvalue weighted by Gasteiger charge is -2.51. The molecule has 1 N–H and O–H groups in total. The number of benzene rings is 1. The molecule has 166 valence electrons. The second-order valence-electron chi connectivity index (χ2n) is 10.0. The van der Waals surface area contributed by atoms with E-state index in [2.05, 4.69) is 47.9 Å². The van der Waals surface area contributed by atoms with E-state index in [9.17, 15) is 9.90 Å². The van der Waals surface area contributed by atoms with Crippen molar-refractivity contribution in [2.45, 2.75) is 64.5 Å². The van der Waals surface area contributed by atoms with E-state index in [-0.39, 0.29) is 23.3 Å². The third-order valence-electron chi connectivity index (χ3n) is 7.51. The van der Waals surface area contributed by atoms with Gasteiger partial charge in [-0.25, -0.2) is 0 Å². The maximum Gasteiger partial charge on any atom is 0.225 e. The topological polar surface area (TPSA) is 53.0 Å². The quantitative estimate of drug-likeness (QED) is 0.820. The molecule has 5 heteroatoms. The minimum absolute atomic E-state index is 0.102. The molecule has 2 atom stereocenters. The number of ether oxygens (including phenoxy) is 1. The summed E-state index contributed by atoms with van der Waals surface area (Å²) in [5.74, 6) is 0.935. The molecule has 0 saturated carbocycles. The smallest absolute Gasteiger partial charge is 0.225 e. The van der Waals surface area contributed by atoms with Crippen LogP contribution in [-0.2, 0) is 16.1 Å². The van der Waals surface area contributed by atoms with Crippen LogP contribution in [0.25, 0.3) is 0 Å². The largest absolute Gasteiger partial charge is 0.392 e. The van der Waals surface area contributed by atoms with E-state index < -0.39 is 0 Å². The fourth-order valence-electron chi connectivity index (χ4n) is 5.59. The average Bonchev–Trinajstić information content (AvgIpc) is 2.77. The molecule has 3 aliphatic rings. The fourth-order valence-corrected chi connectivity index (χ4v) is 5.59. The Morgan fingerprint density at radius 2 is 1.87 bits per heavy atom. The Balaban J connectivity index is 1.42. The van der Waals surface area contributed by atoms with Gasteiger partial charge in [-0.2, -0.15) is 0 Å². The van der Waals surface area contributed by atoms with Crippen LogP contribution < -0.4 is 0 Å². The second-order valence-corrected chi connectivity index (χ2v) is 10.0. The summed E-state index contributed by atoms with van der Waals surface area (Å²) >= 11 is 0. The first-order valence-electron chi connectivity index (χ1n) is 11.8. The van der Waals surface area contributed by atoms with Gasteiger partial charge in [0.1, 0.15) is 0 Å². The van der Waals surface area contributed by atoms with E-state index in [0.717, 1.165) is 58.3 Å². The lowest BCUT2D eigenvalue weighted by atomic mass is 9.71. The molecule has 4 rings (SSSR count). The highest BCUT2D eigenvalue weighted by Gasteiger charge is 2.46. The zero-order chi connectivity index (χ0) is 21.1. The molecule has 1 amide bonds. The number of carbonyl (C=O) groups excluding carboxylic acids is 1. The summed E-state index contributed by atoms with van der Waals surface area (Å²) < 4.78 is 5.44. The predicted octanol–water partition coefficient (Wildman–Crippen LogP) is 3.41. The lowest BCUT2D eigenvalue weighted by molar-refractivity contribution is -0.148. The maximum absolute atomic E-state index is 13.1. The van der Waals surface area contributed by atoms with Gasteiger partial charge in [-0.3, -0.25) is 9.69 Å². The van der Waals surface area contributed by atoms with Crippen LogP contribution in [0.5, 0.6) is 0 Å². The maximum atomic E-state index is 13.1. The van der Waals surface area contributed by atoms with E-state index in [4.69, 9.17) is 4.74 Å². The standard InChI is InChI=1S/C25H38N2O3/c1-19(2)21-6-4-20(5-7-21)16-26-13-8-23(28)25(17-26)11-3-12-27(18-25)24(29)22-9-14-30-15-10-22/h4-7,19,22-23,28H,3,8-18H2,1-2H3/t23-,25-/m1/s1. The second kappa shape index (κ2) is 9.37.